The van der Waals surface area contributed by atoms with Gasteiger partial charge in [-0.05, 0) is 60.2 Å². The Labute approximate surface area is 220 Å². The van der Waals surface area contributed by atoms with Crippen LogP contribution in [-0.2, 0) is 7.05 Å². The number of aryl methyl sites for hydroxylation is 1. The van der Waals surface area contributed by atoms with Crippen LogP contribution in [0.1, 0.15) is 27.5 Å². The van der Waals surface area contributed by atoms with Gasteiger partial charge in [0.05, 0.1) is 11.6 Å². The zero-order chi connectivity index (χ0) is 26.0. The number of amides is 1. The second-order valence-corrected chi connectivity index (χ2v) is 9.56. The van der Waals surface area contributed by atoms with E-state index >= 15 is 0 Å². The highest BCUT2D eigenvalue weighted by Gasteiger charge is 2.35. The van der Waals surface area contributed by atoms with Gasteiger partial charge in [0, 0.05) is 51.6 Å². The first kappa shape index (κ1) is 22.4. The van der Waals surface area contributed by atoms with Gasteiger partial charge in [0.1, 0.15) is 18.0 Å². The first-order chi connectivity index (χ1) is 18.5. The van der Waals surface area contributed by atoms with Crippen molar-refractivity contribution in [3.05, 3.63) is 107 Å². The van der Waals surface area contributed by atoms with Crippen molar-refractivity contribution in [3.63, 3.8) is 0 Å². The number of hydrogen-bond donors (Lipinski definition) is 2. The molecule has 10 heteroatoms. The number of carbonyl (C=O) groups is 1. The molecular formula is C28H19ClFN7O. The highest BCUT2D eigenvalue weighted by Crippen LogP contribution is 2.43. The van der Waals surface area contributed by atoms with Gasteiger partial charge in [-0.25, -0.2) is 13.9 Å². The number of rotatable bonds is 4. The second kappa shape index (κ2) is 8.39. The summed E-state index contributed by atoms with van der Waals surface area (Å²) in [4.78, 5) is 17.5. The predicted octanol–water partition coefficient (Wildman–Crippen LogP) is 5.65. The van der Waals surface area contributed by atoms with Crippen LogP contribution in [0.3, 0.4) is 0 Å². The fourth-order valence-electron chi connectivity index (χ4n) is 5.08. The molecule has 3 aromatic heterocycles. The number of nitrogens with zero attached hydrogens (tertiary/aromatic N) is 5. The molecule has 4 heterocycles. The van der Waals surface area contributed by atoms with E-state index in [2.05, 4.69) is 25.8 Å². The van der Waals surface area contributed by atoms with E-state index in [4.69, 9.17) is 11.6 Å². The summed E-state index contributed by atoms with van der Waals surface area (Å²) >= 11 is 6.49. The van der Waals surface area contributed by atoms with Gasteiger partial charge in [0.2, 0.25) is 0 Å². The lowest BCUT2D eigenvalue weighted by Gasteiger charge is -2.19. The fourth-order valence-corrected chi connectivity index (χ4v) is 5.31. The molecule has 7 rings (SSSR count). The maximum absolute atomic E-state index is 14.3. The van der Waals surface area contributed by atoms with Crippen LogP contribution < -0.4 is 10.6 Å². The SMILES string of the molecule is Cn1nc2ccccc2c1Nc1cc(-c2ccc3ncnn3c2)cc2c1C(c1cc(F)ccc1Cl)NC2=O. The Hall–Kier alpha value is -4.76. The molecule has 0 fully saturated rings. The zero-order valence-electron chi connectivity index (χ0n) is 20.0. The van der Waals surface area contributed by atoms with E-state index in [0.29, 0.717) is 33.0 Å². The van der Waals surface area contributed by atoms with Gasteiger partial charge < -0.3 is 10.6 Å². The number of halogens is 2. The van der Waals surface area contributed by atoms with Crippen LogP contribution in [0.15, 0.2) is 79.3 Å². The number of anilines is 2. The normalized spacial score (nSPS) is 14.7. The van der Waals surface area contributed by atoms with Crippen molar-refractivity contribution in [1.29, 1.82) is 0 Å². The van der Waals surface area contributed by atoms with Crippen molar-refractivity contribution >= 4 is 45.6 Å². The number of hydrogen-bond acceptors (Lipinski definition) is 5. The molecular weight excluding hydrogens is 505 g/mol. The van der Waals surface area contributed by atoms with Crippen molar-refractivity contribution in [2.24, 2.45) is 7.05 Å². The lowest BCUT2D eigenvalue weighted by molar-refractivity contribution is 0.0960. The Morgan fingerprint density at radius 1 is 1.05 bits per heavy atom. The summed E-state index contributed by atoms with van der Waals surface area (Å²) in [6.45, 7) is 0. The smallest absolute Gasteiger partial charge is 0.252 e. The molecule has 8 nitrogen and oxygen atoms in total. The maximum Gasteiger partial charge on any atom is 0.252 e. The van der Waals surface area contributed by atoms with Crippen molar-refractivity contribution < 1.29 is 9.18 Å². The van der Waals surface area contributed by atoms with Crippen LogP contribution in [-0.4, -0.2) is 30.3 Å². The van der Waals surface area contributed by atoms with Crippen LogP contribution in [0.2, 0.25) is 5.02 Å². The van der Waals surface area contributed by atoms with E-state index in [1.54, 1.807) is 9.20 Å². The van der Waals surface area contributed by atoms with Gasteiger partial charge >= 0.3 is 0 Å². The van der Waals surface area contributed by atoms with E-state index in [9.17, 15) is 9.18 Å². The molecule has 6 aromatic rings. The minimum Gasteiger partial charge on any atom is -0.341 e. The van der Waals surface area contributed by atoms with Gasteiger partial charge in [0.25, 0.3) is 5.91 Å². The summed E-state index contributed by atoms with van der Waals surface area (Å²) in [5.41, 5.74) is 5.51. The highest BCUT2D eigenvalue weighted by molar-refractivity contribution is 6.31. The Morgan fingerprint density at radius 2 is 1.92 bits per heavy atom. The van der Waals surface area contributed by atoms with Crippen LogP contribution in [0.25, 0.3) is 27.7 Å². The summed E-state index contributed by atoms with van der Waals surface area (Å²) in [6.07, 6.45) is 3.35. The van der Waals surface area contributed by atoms with Crippen LogP contribution in [0.5, 0.6) is 0 Å². The molecule has 2 N–H and O–H groups in total. The van der Waals surface area contributed by atoms with E-state index in [-0.39, 0.29) is 5.91 Å². The molecule has 1 aliphatic heterocycles. The lowest BCUT2D eigenvalue weighted by atomic mass is 9.93. The van der Waals surface area contributed by atoms with Gasteiger partial charge in [-0.2, -0.15) is 10.2 Å². The van der Waals surface area contributed by atoms with Gasteiger partial charge in [-0.1, -0.05) is 23.7 Å². The molecule has 38 heavy (non-hydrogen) atoms. The van der Waals surface area contributed by atoms with Crippen LogP contribution in [0.4, 0.5) is 15.9 Å². The van der Waals surface area contributed by atoms with Gasteiger partial charge in [-0.15, -0.1) is 0 Å². The number of aromatic nitrogens is 5. The number of carbonyl (C=O) groups excluding carboxylic acids is 1. The first-order valence-corrected chi connectivity index (χ1v) is 12.3. The number of fused-ring (bicyclic) bond motifs is 3. The third-order valence-electron chi connectivity index (χ3n) is 6.86. The summed E-state index contributed by atoms with van der Waals surface area (Å²) in [6, 6.07) is 18.9. The Kier molecular flexibility index (Phi) is 4.95. The number of nitrogens with one attached hydrogen (secondary N) is 2. The average molecular weight is 524 g/mol. The zero-order valence-corrected chi connectivity index (χ0v) is 20.7. The van der Waals surface area contributed by atoms with Crippen molar-refractivity contribution in [1.82, 2.24) is 29.7 Å². The fraction of sp³-hybridized carbons (Fsp3) is 0.0714. The van der Waals surface area contributed by atoms with Crippen molar-refractivity contribution in [3.8, 4) is 11.1 Å². The van der Waals surface area contributed by atoms with E-state index in [1.165, 1.54) is 24.5 Å². The third-order valence-corrected chi connectivity index (χ3v) is 7.20. The van der Waals surface area contributed by atoms with E-state index < -0.39 is 11.9 Å². The van der Waals surface area contributed by atoms with E-state index in [0.717, 1.165) is 27.8 Å². The lowest BCUT2D eigenvalue weighted by Crippen LogP contribution is -2.20. The standard InChI is InChI=1S/C28H19ClFN7O/c1-36-27(18-4-2-3-5-22(18)35-36)33-23-11-16(15-6-9-24-31-14-32-37(24)13-15)10-20-25(23)26(34-28(20)38)19-12-17(30)7-8-21(19)29/h2-14,26,33H,1H3,(H,34,38). The van der Waals surface area contributed by atoms with Crippen LogP contribution >= 0.6 is 11.6 Å². The molecule has 3 aromatic carbocycles. The largest absolute Gasteiger partial charge is 0.341 e. The summed E-state index contributed by atoms with van der Waals surface area (Å²) in [7, 11) is 1.86. The minimum atomic E-state index is -0.644. The number of benzene rings is 3. The van der Waals surface area contributed by atoms with Crippen molar-refractivity contribution in [2.45, 2.75) is 6.04 Å². The second-order valence-electron chi connectivity index (χ2n) is 9.15. The summed E-state index contributed by atoms with van der Waals surface area (Å²) < 4.78 is 17.7. The van der Waals surface area contributed by atoms with E-state index in [1.807, 2.05) is 61.8 Å². The quantitative estimate of drug-likeness (QED) is 0.311. The molecule has 0 bridgehead atoms. The van der Waals surface area contributed by atoms with Crippen molar-refractivity contribution in [2.75, 3.05) is 5.32 Å². The Balaban J connectivity index is 1.46. The average Bonchev–Trinajstić information content (AvgIpc) is 3.61. The monoisotopic (exact) mass is 523 g/mol. The predicted molar refractivity (Wildman–Crippen MR) is 143 cm³/mol. The van der Waals surface area contributed by atoms with Gasteiger partial charge in [-0.3, -0.25) is 9.48 Å². The molecule has 1 unspecified atom stereocenters. The molecule has 0 spiro atoms. The summed E-state index contributed by atoms with van der Waals surface area (Å²) in [5.74, 6) is 0.0547. The topological polar surface area (TPSA) is 89.1 Å². The van der Waals surface area contributed by atoms with Gasteiger partial charge in [0.15, 0.2) is 5.65 Å². The Bertz CT molecular complexity index is 1910. The van der Waals surface area contributed by atoms with Crippen LogP contribution in [0, 0.1) is 5.82 Å². The molecule has 0 aliphatic carbocycles. The molecule has 186 valence electrons. The first-order valence-electron chi connectivity index (χ1n) is 11.9. The Morgan fingerprint density at radius 3 is 2.82 bits per heavy atom. The maximum atomic E-state index is 14.3. The molecule has 1 aliphatic rings. The molecule has 1 atom stereocenters. The molecule has 0 saturated carbocycles. The molecule has 1 amide bonds. The molecule has 0 saturated heterocycles. The minimum absolute atomic E-state index is 0.271. The third kappa shape index (κ3) is 3.51. The summed E-state index contributed by atoms with van der Waals surface area (Å²) in [5, 5.41) is 16.7. The molecule has 0 radical (unpaired) electrons. The highest BCUT2D eigenvalue weighted by atomic mass is 35.5. The number of pyridine rings is 1.